The molecule has 4 aromatic carbocycles. The number of carbonyl (C=O) groups excluding carboxylic acids is 3. The van der Waals surface area contributed by atoms with Crippen molar-refractivity contribution >= 4 is 17.9 Å². The average Bonchev–Trinajstić information content (AvgIpc) is 3.14. The van der Waals surface area contributed by atoms with E-state index in [0.29, 0.717) is 24.3 Å². The Labute approximate surface area is 302 Å². The number of aliphatic hydroxyl groups is 1. The quantitative estimate of drug-likeness (QED) is 0.0629. The molecule has 1 saturated heterocycles. The number of phenols is 9. The van der Waals surface area contributed by atoms with Crippen LogP contribution in [0, 0.1) is 11.3 Å². The van der Waals surface area contributed by atoms with Gasteiger partial charge in [0.15, 0.2) is 76.3 Å². The van der Waals surface area contributed by atoms with Crippen LogP contribution in [0.2, 0.25) is 0 Å². The molecule has 0 spiro atoms. The lowest BCUT2D eigenvalue weighted by atomic mass is 9.97. The molecule has 0 saturated carbocycles. The van der Waals surface area contributed by atoms with Gasteiger partial charge in [0.2, 0.25) is 0 Å². The number of nitriles is 1. The Morgan fingerprint density at radius 1 is 0.648 bits per heavy atom. The van der Waals surface area contributed by atoms with Crippen molar-refractivity contribution in [1.82, 2.24) is 0 Å². The van der Waals surface area contributed by atoms with E-state index < -0.39 is 130 Å². The molecule has 5 rings (SSSR count). The average molecular weight is 752 g/mol. The van der Waals surface area contributed by atoms with Crippen LogP contribution in [0.1, 0.15) is 42.7 Å². The van der Waals surface area contributed by atoms with Crippen LogP contribution in [-0.2, 0) is 23.7 Å². The molecule has 6 atom stereocenters. The number of aliphatic hydroxyl groups excluding tert-OH is 1. The summed E-state index contributed by atoms with van der Waals surface area (Å²) in [5.41, 5.74) is -1.44. The summed E-state index contributed by atoms with van der Waals surface area (Å²) < 4.78 is 27.8. The largest absolute Gasteiger partial charge is 0.504 e. The Kier molecular flexibility index (Phi) is 11.0. The van der Waals surface area contributed by atoms with Crippen molar-refractivity contribution < 1.29 is 89.1 Å². The van der Waals surface area contributed by atoms with Crippen LogP contribution < -0.4 is 0 Å². The Bertz CT molecular complexity index is 2050. The molecule has 0 amide bonds. The lowest BCUT2D eigenvalue weighted by Gasteiger charge is -2.43. The van der Waals surface area contributed by atoms with Gasteiger partial charge in [-0.2, -0.15) is 5.26 Å². The smallest absolute Gasteiger partial charge is 0.338 e. The number of hydrogen-bond donors (Lipinski definition) is 10. The predicted molar refractivity (Wildman–Crippen MR) is 174 cm³/mol. The van der Waals surface area contributed by atoms with Crippen molar-refractivity contribution in [2.75, 3.05) is 6.61 Å². The maximum Gasteiger partial charge on any atom is 0.338 e. The van der Waals surface area contributed by atoms with E-state index in [1.807, 2.05) is 6.07 Å². The Balaban J connectivity index is 1.55. The van der Waals surface area contributed by atoms with Gasteiger partial charge in [-0.15, -0.1) is 0 Å². The zero-order valence-corrected chi connectivity index (χ0v) is 27.2. The molecule has 282 valence electrons. The molecule has 0 aromatic heterocycles. The summed E-state index contributed by atoms with van der Waals surface area (Å²) in [5, 5.41) is 110. The molecule has 10 N–H and O–H groups in total. The molecule has 54 heavy (non-hydrogen) atoms. The van der Waals surface area contributed by atoms with Crippen LogP contribution in [0.25, 0.3) is 0 Å². The summed E-state index contributed by atoms with van der Waals surface area (Å²) in [5.74, 6) is -12.7. The van der Waals surface area contributed by atoms with E-state index in [1.165, 1.54) is 12.1 Å². The number of nitrogens with zero attached hydrogens (tertiary/aromatic N) is 1. The van der Waals surface area contributed by atoms with E-state index >= 15 is 0 Å². The lowest BCUT2D eigenvalue weighted by Crippen LogP contribution is -2.62. The van der Waals surface area contributed by atoms with E-state index in [9.17, 15) is 70.7 Å². The molecule has 19 heteroatoms. The van der Waals surface area contributed by atoms with Gasteiger partial charge in [-0.25, -0.2) is 14.4 Å². The number of carbonyl (C=O) groups is 3. The zero-order chi connectivity index (χ0) is 39.4. The maximum absolute atomic E-state index is 13.4. The molecule has 1 heterocycles. The predicted octanol–water partition coefficient (Wildman–Crippen LogP) is 2.01. The molecule has 19 nitrogen and oxygen atoms in total. The fourth-order valence-electron chi connectivity index (χ4n) is 5.15. The molecule has 1 aliphatic heterocycles. The number of aromatic hydroxyl groups is 9. The fourth-order valence-corrected chi connectivity index (χ4v) is 5.15. The Morgan fingerprint density at radius 3 is 1.48 bits per heavy atom. The third kappa shape index (κ3) is 8.00. The van der Waals surface area contributed by atoms with Crippen molar-refractivity contribution in [2.45, 2.75) is 36.8 Å². The molecular weight excluding hydrogens is 722 g/mol. The van der Waals surface area contributed by atoms with Crippen molar-refractivity contribution in [3.05, 3.63) is 89.0 Å². The number of esters is 3. The van der Waals surface area contributed by atoms with Gasteiger partial charge in [-0.3, -0.25) is 0 Å². The van der Waals surface area contributed by atoms with E-state index in [1.54, 1.807) is 18.2 Å². The van der Waals surface area contributed by atoms with Crippen molar-refractivity contribution in [3.8, 4) is 57.8 Å². The second-order valence-corrected chi connectivity index (χ2v) is 11.5. The SMILES string of the molecule is N#CC(OC1OC(COC(=O)c2cc(O)c(O)c(O)c2)C(OC(=O)c2cc(O)c(O)c(O)c2)C(OC(=O)c2cc(O)c(O)c(O)c2)C1O)c1ccccc1. The molecule has 4 aromatic rings. The second-order valence-electron chi connectivity index (χ2n) is 11.5. The molecular formula is C35H29NO18. The molecule has 1 aliphatic rings. The number of hydrogen-bond acceptors (Lipinski definition) is 19. The van der Waals surface area contributed by atoms with Crippen molar-refractivity contribution in [3.63, 3.8) is 0 Å². The van der Waals surface area contributed by atoms with Gasteiger partial charge in [0.25, 0.3) is 0 Å². The second kappa shape index (κ2) is 15.6. The highest BCUT2D eigenvalue weighted by Crippen LogP contribution is 2.39. The summed E-state index contributed by atoms with van der Waals surface area (Å²) in [6, 6.07) is 13.9. The van der Waals surface area contributed by atoms with E-state index in [2.05, 4.69) is 0 Å². The molecule has 0 bridgehead atoms. The van der Waals surface area contributed by atoms with Crippen LogP contribution in [0.5, 0.6) is 51.7 Å². The maximum atomic E-state index is 13.4. The van der Waals surface area contributed by atoms with Crippen LogP contribution in [0.15, 0.2) is 66.7 Å². The number of rotatable bonds is 10. The first kappa shape index (κ1) is 38.1. The first-order valence-electron chi connectivity index (χ1n) is 15.4. The van der Waals surface area contributed by atoms with Gasteiger partial charge in [-0.1, -0.05) is 30.3 Å². The standard InChI is InChI=1S/C35H29NO18/c36-12-24(14-4-2-1-3-5-14)51-35-29(46)31(54-34(49)17-10-22(41)28(45)23(42)11-17)30(53-33(48)16-8-20(39)27(44)21(40)9-16)25(52-35)13-50-32(47)15-6-18(37)26(43)19(38)7-15/h1-11,24-25,29-31,35,37-46H,13H2. The van der Waals surface area contributed by atoms with Crippen LogP contribution in [0.3, 0.4) is 0 Å². The summed E-state index contributed by atoms with van der Waals surface area (Å²) >= 11 is 0. The Morgan fingerprint density at radius 2 is 1.06 bits per heavy atom. The lowest BCUT2D eigenvalue weighted by molar-refractivity contribution is -0.306. The highest BCUT2D eigenvalue weighted by atomic mass is 16.7. The minimum Gasteiger partial charge on any atom is -0.504 e. The number of ether oxygens (including phenoxy) is 5. The number of phenolic OH excluding ortho intramolecular Hbond substituents is 9. The van der Waals surface area contributed by atoms with Gasteiger partial charge in [0.1, 0.15) is 18.8 Å². The fraction of sp³-hybridized carbons (Fsp3) is 0.200. The zero-order valence-electron chi connectivity index (χ0n) is 27.2. The van der Waals surface area contributed by atoms with E-state index in [-0.39, 0.29) is 5.56 Å². The molecule has 0 radical (unpaired) electrons. The highest BCUT2D eigenvalue weighted by Gasteiger charge is 2.52. The molecule has 1 fully saturated rings. The monoisotopic (exact) mass is 751 g/mol. The minimum absolute atomic E-state index is 0.273. The minimum atomic E-state index is -2.16. The first-order valence-corrected chi connectivity index (χ1v) is 15.4. The van der Waals surface area contributed by atoms with Gasteiger partial charge in [0, 0.05) is 0 Å². The third-order valence-electron chi connectivity index (χ3n) is 7.89. The van der Waals surface area contributed by atoms with Gasteiger partial charge >= 0.3 is 17.9 Å². The van der Waals surface area contributed by atoms with Crippen LogP contribution in [-0.4, -0.2) is 106 Å². The third-order valence-corrected chi connectivity index (χ3v) is 7.89. The van der Waals surface area contributed by atoms with Crippen LogP contribution >= 0.6 is 0 Å². The molecule has 6 unspecified atom stereocenters. The summed E-state index contributed by atoms with van der Waals surface area (Å²) in [6.07, 6.45) is -11.5. The van der Waals surface area contributed by atoms with Crippen molar-refractivity contribution in [2.24, 2.45) is 0 Å². The summed E-state index contributed by atoms with van der Waals surface area (Å²) in [7, 11) is 0. The van der Waals surface area contributed by atoms with Crippen molar-refractivity contribution in [1.29, 1.82) is 5.26 Å². The summed E-state index contributed by atoms with van der Waals surface area (Å²) in [6.45, 7) is -0.963. The first-order chi connectivity index (χ1) is 25.6. The normalized spacial score (nSPS) is 19.9. The van der Waals surface area contributed by atoms with Gasteiger partial charge in [0.05, 0.1) is 22.8 Å². The van der Waals surface area contributed by atoms with Gasteiger partial charge < -0.3 is 74.7 Å². The van der Waals surface area contributed by atoms with E-state index in [4.69, 9.17) is 23.7 Å². The van der Waals surface area contributed by atoms with Crippen LogP contribution in [0.4, 0.5) is 0 Å². The highest BCUT2D eigenvalue weighted by molar-refractivity contribution is 5.93. The Hall–Kier alpha value is -7.14. The number of benzene rings is 4. The van der Waals surface area contributed by atoms with E-state index in [0.717, 1.165) is 12.1 Å². The summed E-state index contributed by atoms with van der Waals surface area (Å²) in [4.78, 5) is 39.8. The van der Waals surface area contributed by atoms with Gasteiger partial charge in [-0.05, 0) is 42.0 Å². The topological polar surface area (TPSA) is 323 Å². The molecule has 0 aliphatic carbocycles.